The number of anilines is 1. The van der Waals surface area contributed by atoms with E-state index in [4.69, 9.17) is 0 Å². The average molecular weight is 329 g/mol. The van der Waals surface area contributed by atoms with Gasteiger partial charge in [0.05, 0.1) is 5.52 Å². The van der Waals surface area contributed by atoms with Crippen LogP contribution in [0.2, 0.25) is 0 Å². The Hall–Kier alpha value is -2.63. The number of benzene rings is 2. The molecule has 0 saturated heterocycles. The van der Waals surface area contributed by atoms with Gasteiger partial charge in [0, 0.05) is 17.3 Å². The van der Waals surface area contributed by atoms with E-state index in [0.717, 1.165) is 6.42 Å². The Labute approximate surface area is 136 Å². The van der Waals surface area contributed by atoms with Crippen molar-refractivity contribution in [2.45, 2.75) is 24.6 Å². The van der Waals surface area contributed by atoms with Gasteiger partial charge in [-0.15, -0.1) is 0 Å². The van der Waals surface area contributed by atoms with E-state index in [1.165, 1.54) is 5.56 Å². The van der Waals surface area contributed by atoms with Crippen LogP contribution in [0.1, 0.15) is 23.7 Å². The molecule has 6 heteroatoms. The molecule has 0 aliphatic heterocycles. The number of hydrogen-bond acceptors (Lipinski definition) is 3. The zero-order chi connectivity index (χ0) is 16.7. The minimum absolute atomic E-state index is 0.0896. The first-order chi connectivity index (χ1) is 11.5. The number of alkyl halides is 3. The fourth-order valence-corrected chi connectivity index (χ4v) is 2.91. The summed E-state index contributed by atoms with van der Waals surface area (Å²) in [5.74, 6) is -0.564. The van der Waals surface area contributed by atoms with E-state index in [0.29, 0.717) is 16.8 Å². The molecule has 1 aliphatic carbocycles. The second-order valence-electron chi connectivity index (χ2n) is 5.91. The van der Waals surface area contributed by atoms with Crippen molar-refractivity contribution in [3.05, 3.63) is 66.0 Å². The number of para-hydroxylation sites is 1. The second-order valence-corrected chi connectivity index (χ2v) is 5.91. The molecule has 2 atom stereocenters. The summed E-state index contributed by atoms with van der Waals surface area (Å²) >= 11 is 0. The van der Waals surface area contributed by atoms with Crippen LogP contribution in [0.15, 0.2) is 54.6 Å². The Morgan fingerprint density at radius 1 is 0.917 bits per heavy atom. The monoisotopic (exact) mass is 329 g/mol. The van der Waals surface area contributed by atoms with E-state index in [1.54, 1.807) is 24.3 Å². The molecule has 4 rings (SSSR count). The number of fused-ring (bicyclic) bond motifs is 1. The molecular weight excluding hydrogens is 315 g/mol. The van der Waals surface area contributed by atoms with Crippen LogP contribution in [-0.2, 0) is 6.18 Å². The smallest absolute Gasteiger partial charge is 0.366 e. The van der Waals surface area contributed by atoms with Crippen molar-refractivity contribution in [1.82, 2.24) is 9.97 Å². The van der Waals surface area contributed by atoms with Gasteiger partial charge in [0.2, 0.25) is 5.82 Å². The molecule has 1 N–H and O–H groups in total. The van der Waals surface area contributed by atoms with Crippen molar-refractivity contribution in [2.75, 3.05) is 5.32 Å². The lowest BCUT2D eigenvalue weighted by molar-refractivity contribution is -0.144. The number of aromatic nitrogens is 2. The SMILES string of the molecule is FC(F)(F)c1nc(N[C@H]2C[C@H]2c2ccccc2)c2ccccc2n1. The predicted molar refractivity (Wildman–Crippen MR) is 85.8 cm³/mol. The maximum absolute atomic E-state index is 13.0. The van der Waals surface area contributed by atoms with Gasteiger partial charge in [0.25, 0.3) is 0 Å². The van der Waals surface area contributed by atoms with Gasteiger partial charge in [0.15, 0.2) is 0 Å². The second kappa shape index (κ2) is 5.47. The maximum atomic E-state index is 13.0. The van der Waals surface area contributed by atoms with E-state index >= 15 is 0 Å². The standard InChI is InChI=1S/C18H14F3N3/c19-18(20,21)17-23-14-9-5-4-8-12(14)16(24-17)22-15-10-13(15)11-6-2-1-3-7-11/h1-9,13,15H,10H2,(H,22,23,24)/t13-,15-/m0/s1. The number of rotatable bonds is 3. The molecule has 122 valence electrons. The Morgan fingerprint density at radius 2 is 1.62 bits per heavy atom. The minimum Gasteiger partial charge on any atom is -0.366 e. The van der Waals surface area contributed by atoms with Crippen molar-refractivity contribution >= 4 is 16.7 Å². The molecule has 0 unspecified atom stereocenters. The summed E-state index contributed by atoms with van der Waals surface area (Å²) in [6.07, 6.45) is -3.69. The Balaban J connectivity index is 1.67. The Kier molecular flexibility index (Phi) is 3.40. The fourth-order valence-electron chi connectivity index (χ4n) is 2.91. The molecule has 0 amide bonds. The molecule has 3 nitrogen and oxygen atoms in total. The van der Waals surface area contributed by atoms with Crippen LogP contribution < -0.4 is 5.32 Å². The molecule has 0 spiro atoms. The lowest BCUT2D eigenvalue weighted by Crippen LogP contribution is -2.15. The van der Waals surface area contributed by atoms with Crippen LogP contribution in [0, 0.1) is 0 Å². The topological polar surface area (TPSA) is 37.8 Å². The highest BCUT2D eigenvalue weighted by molar-refractivity contribution is 5.89. The van der Waals surface area contributed by atoms with Crippen molar-refractivity contribution in [3.63, 3.8) is 0 Å². The molecule has 0 bridgehead atoms. The molecule has 1 aromatic heterocycles. The van der Waals surface area contributed by atoms with Crippen LogP contribution >= 0.6 is 0 Å². The fraction of sp³-hybridized carbons (Fsp3) is 0.222. The summed E-state index contributed by atoms with van der Waals surface area (Å²) in [6, 6.07) is 16.8. The normalized spacial score (nSPS) is 20.1. The maximum Gasteiger partial charge on any atom is 0.451 e. The first kappa shape index (κ1) is 14.9. The van der Waals surface area contributed by atoms with Crippen LogP contribution in [0.25, 0.3) is 10.9 Å². The van der Waals surface area contributed by atoms with E-state index in [9.17, 15) is 13.2 Å². The van der Waals surface area contributed by atoms with E-state index < -0.39 is 12.0 Å². The molecule has 1 saturated carbocycles. The number of nitrogens with one attached hydrogen (secondary N) is 1. The van der Waals surface area contributed by atoms with Gasteiger partial charge in [-0.05, 0) is 24.1 Å². The Bertz CT molecular complexity index is 878. The largest absolute Gasteiger partial charge is 0.451 e. The third-order valence-corrected chi connectivity index (χ3v) is 4.20. The van der Waals surface area contributed by atoms with Gasteiger partial charge in [-0.25, -0.2) is 9.97 Å². The zero-order valence-electron chi connectivity index (χ0n) is 12.6. The molecule has 1 heterocycles. The molecule has 1 aliphatic rings. The summed E-state index contributed by atoms with van der Waals surface area (Å²) in [7, 11) is 0. The van der Waals surface area contributed by atoms with Crippen molar-refractivity contribution in [2.24, 2.45) is 0 Å². The van der Waals surface area contributed by atoms with Crippen molar-refractivity contribution in [3.8, 4) is 0 Å². The van der Waals surface area contributed by atoms with E-state index in [-0.39, 0.29) is 11.9 Å². The van der Waals surface area contributed by atoms with Gasteiger partial charge in [-0.1, -0.05) is 42.5 Å². The van der Waals surface area contributed by atoms with Crippen LogP contribution in [0.5, 0.6) is 0 Å². The number of halogens is 3. The highest BCUT2D eigenvalue weighted by atomic mass is 19.4. The van der Waals surface area contributed by atoms with Gasteiger partial charge in [-0.3, -0.25) is 0 Å². The predicted octanol–water partition coefficient (Wildman–Crippen LogP) is 4.62. The third kappa shape index (κ3) is 2.79. The molecule has 2 aromatic carbocycles. The molecule has 3 aromatic rings. The van der Waals surface area contributed by atoms with Gasteiger partial charge >= 0.3 is 6.18 Å². The first-order valence-corrected chi connectivity index (χ1v) is 7.68. The summed E-state index contributed by atoms with van der Waals surface area (Å²) in [4.78, 5) is 7.37. The molecule has 24 heavy (non-hydrogen) atoms. The molecule has 0 radical (unpaired) electrons. The van der Waals surface area contributed by atoms with Crippen LogP contribution in [0.4, 0.5) is 19.0 Å². The van der Waals surface area contributed by atoms with Gasteiger partial charge in [-0.2, -0.15) is 13.2 Å². The first-order valence-electron chi connectivity index (χ1n) is 7.68. The highest BCUT2D eigenvalue weighted by Crippen LogP contribution is 2.43. The summed E-state index contributed by atoms with van der Waals surface area (Å²) in [5, 5.41) is 3.77. The van der Waals surface area contributed by atoms with E-state index in [2.05, 4.69) is 15.3 Å². The van der Waals surface area contributed by atoms with Crippen LogP contribution in [-0.4, -0.2) is 16.0 Å². The quantitative estimate of drug-likeness (QED) is 0.762. The number of nitrogens with zero attached hydrogens (tertiary/aromatic N) is 2. The Morgan fingerprint density at radius 3 is 2.38 bits per heavy atom. The zero-order valence-corrected chi connectivity index (χ0v) is 12.6. The third-order valence-electron chi connectivity index (χ3n) is 4.20. The lowest BCUT2D eigenvalue weighted by atomic mass is 10.1. The average Bonchev–Trinajstić information content (AvgIpc) is 3.34. The van der Waals surface area contributed by atoms with Gasteiger partial charge in [0.1, 0.15) is 5.82 Å². The van der Waals surface area contributed by atoms with Crippen molar-refractivity contribution in [1.29, 1.82) is 0 Å². The summed E-state index contributed by atoms with van der Waals surface area (Å²) < 4.78 is 39.1. The van der Waals surface area contributed by atoms with Gasteiger partial charge < -0.3 is 5.32 Å². The van der Waals surface area contributed by atoms with E-state index in [1.807, 2.05) is 30.3 Å². The number of hydrogen-bond donors (Lipinski definition) is 1. The summed E-state index contributed by atoms with van der Waals surface area (Å²) in [6.45, 7) is 0. The van der Waals surface area contributed by atoms with Crippen molar-refractivity contribution < 1.29 is 13.2 Å². The minimum atomic E-state index is -4.57. The lowest BCUT2D eigenvalue weighted by Gasteiger charge is -2.12. The highest BCUT2D eigenvalue weighted by Gasteiger charge is 2.40. The van der Waals surface area contributed by atoms with Crippen LogP contribution in [0.3, 0.4) is 0 Å². The molecular formula is C18H14F3N3. The molecule has 1 fully saturated rings. The summed E-state index contributed by atoms with van der Waals surface area (Å²) in [5.41, 5.74) is 1.48.